The Labute approximate surface area is 148 Å². The van der Waals surface area contributed by atoms with Gasteiger partial charge in [-0.3, -0.25) is 0 Å². The zero-order chi connectivity index (χ0) is 16.8. The fourth-order valence-corrected chi connectivity index (χ4v) is 3.70. The van der Waals surface area contributed by atoms with Gasteiger partial charge < -0.3 is 14.2 Å². The quantitative estimate of drug-likeness (QED) is 0.736. The first kappa shape index (κ1) is 17.2. The van der Waals surface area contributed by atoms with Crippen molar-refractivity contribution in [3.05, 3.63) is 16.2 Å². The molecule has 0 radical (unpaired) electrons. The van der Waals surface area contributed by atoms with E-state index in [-0.39, 0.29) is 18.3 Å². The van der Waals surface area contributed by atoms with Crippen molar-refractivity contribution in [2.75, 3.05) is 18.0 Å². The van der Waals surface area contributed by atoms with Crippen LogP contribution in [0.25, 0.3) is 0 Å². The van der Waals surface area contributed by atoms with Gasteiger partial charge in [0, 0.05) is 24.2 Å². The average molecular weight is 381 g/mol. The highest BCUT2D eigenvalue weighted by atomic mass is 79.9. The van der Waals surface area contributed by atoms with E-state index in [1.165, 1.54) is 19.3 Å². The molecule has 2 aliphatic rings. The van der Waals surface area contributed by atoms with Crippen LogP contribution in [0.1, 0.15) is 52.7 Å². The lowest BCUT2D eigenvalue weighted by Gasteiger charge is -2.32. The molecule has 4 nitrogen and oxygen atoms in total. The molecule has 3 heterocycles. The minimum absolute atomic E-state index is 0.331. The van der Waals surface area contributed by atoms with Crippen molar-refractivity contribution in [3.8, 4) is 0 Å². The Bertz CT molecular complexity index is 585. The molecule has 0 aliphatic carbocycles. The second-order valence-electron chi connectivity index (χ2n) is 7.60. The van der Waals surface area contributed by atoms with Crippen molar-refractivity contribution in [1.29, 1.82) is 0 Å². The molecule has 2 saturated heterocycles. The zero-order valence-corrected chi connectivity index (χ0v) is 16.4. The van der Waals surface area contributed by atoms with Crippen molar-refractivity contribution in [2.24, 2.45) is 0 Å². The number of hydrogen-bond acceptors (Lipinski definition) is 4. The minimum Gasteiger partial charge on any atom is -0.399 e. The number of aryl methyl sites for hydroxylation is 1. The normalized spacial score (nSPS) is 23.4. The summed E-state index contributed by atoms with van der Waals surface area (Å²) in [6, 6.07) is 2.12. The summed E-state index contributed by atoms with van der Waals surface area (Å²) in [4.78, 5) is 7.23. The number of pyridine rings is 1. The Balaban J connectivity index is 1.89. The van der Waals surface area contributed by atoms with Crippen LogP contribution in [0.2, 0.25) is 0 Å². The van der Waals surface area contributed by atoms with Crippen molar-refractivity contribution >= 4 is 34.3 Å². The molecule has 0 spiro atoms. The topological polar surface area (TPSA) is 34.6 Å². The van der Waals surface area contributed by atoms with E-state index in [0.29, 0.717) is 0 Å². The highest BCUT2D eigenvalue weighted by Crippen LogP contribution is 2.37. The van der Waals surface area contributed by atoms with Crippen LogP contribution in [0, 0.1) is 6.92 Å². The molecule has 2 aliphatic heterocycles. The highest BCUT2D eigenvalue weighted by molar-refractivity contribution is 9.10. The van der Waals surface area contributed by atoms with Crippen LogP contribution < -0.4 is 10.4 Å². The van der Waals surface area contributed by atoms with Crippen LogP contribution in [0.4, 0.5) is 5.82 Å². The van der Waals surface area contributed by atoms with Crippen molar-refractivity contribution in [3.63, 3.8) is 0 Å². The van der Waals surface area contributed by atoms with Gasteiger partial charge in [0.05, 0.1) is 15.7 Å². The smallest absolute Gasteiger partial charge is 0.399 e. The van der Waals surface area contributed by atoms with E-state index < -0.39 is 0 Å². The van der Waals surface area contributed by atoms with Crippen LogP contribution in [0.3, 0.4) is 0 Å². The first-order valence-electron chi connectivity index (χ1n) is 8.49. The molecule has 3 rings (SSSR count). The van der Waals surface area contributed by atoms with E-state index in [0.717, 1.165) is 34.5 Å². The SMILES string of the molecule is Cc1nc(N2CCCCC2)c(Br)cc1B1OC(C)(C)C(C)(C)O1. The monoisotopic (exact) mass is 380 g/mol. The van der Waals surface area contributed by atoms with Crippen LogP contribution in [-0.4, -0.2) is 36.4 Å². The van der Waals surface area contributed by atoms with Gasteiger partial charge in [0.2, 0.25) is 0 Å². The maximum Gasteiger partial charge on any atom is 0.496 e. The lowest BCUT2D eigenvalue weighted by Crippen LogP contribution is -2.41. The van der Waals surface area contributed by atoms with Gasteiger partial charge in [0.25, 0.3) is 0 Å². The third-order valence-electron chi connectivity index (χ3n) is 5.35. The molecule has 0 aromatic carbocycles. The Hall–Kier alpha value is -0.585. The molecule has 0 N–H and O–H groups in total. The summed E-state index contributed by atoms with van der Waals surface area (Å²) in [7, 11) is -0.362. The molecular weight excluding hydrogens is 355 g/mol. The van der Waals surface area contributed by atoms with Crippen LogP contribution in [0.15, 0.2) is 10.5 Å². The molecule has 0 unspecified atom stereocenters. The van der Waals surface area contributed by atoms with Crippen molar-refractivity contribution in [1.82, 2.24) is 4.98 Å². The zero-order valence-electron chi connectivity index (χ0n) is 14.8. The van der Waals surface area contributed by atoms with Gasteiger partial charge in [0.1, 0.15) is 5.82 Å². The van der Waals surface area contributed by atoms with Crippen LogP contribution in [-0.2, 0) is 9.31 Å². The predicted octanol–water partition coefficient (Wildman–Crippen LogP) is 3.44. The van der Waals surface area contributed by atoms with Gasteiger partial charge in [-0.15, -0.1) is 0 Å². The van der Waals surface area contributed by atoms with Crippen LogP contribution >= 0.6 is 15.9 Å². The molecular formula is C17H26BBrN2O2. The third-order valence-corrected chi connectivity index (χ3v) is 5.93. The first-order valence-corrected chi connectivity index (χ1v) is 9.28. The van der Waals surface area contributed by atoms with E-state index in [9.17, 15) is 0 Å². The van der Waals surface area contributed by atoms with Gasteiger partial charge in [-0.05, 0) is 75.9 Å². The van der Waals surface area contributed by atoms with E-state index in [2.05, 4.69) is 54.6 Å². The minimum atomic E-state index is -0.362. The molecule has 0 saturated carbocycles. The number of rotatable bonds is 2. The average Bonchev–Trinajstić information content (AvgIpc) is 2.70. The fraction of sp³-hybridized carbons (Fsp3) is 0.706. The third kappa shape index (κ3) is 3.18. The number of hydrogen-bond donors (Lipinski definition) is 0. The van der Waals surface area contributed by atoms with Gasteiger partial charge >= 0.3 is 7.12 Å². The largest absolute Gasteiger partial charge is 0.496 e. The van der Waals surface area contributed by atoms with Gasteiger partial charge in [-0.1, -0.05) is 0 Å². The number of piperidine rings is 1. The molecule has 1 aromatic heterocycles. The Morgan fingerprint density at radius 2 is 1.65 bits per heavy atom. The number of nitrogens with zero attached hydrogens (tertiary/aromatic N) is 2. The van der Waals surface area contributed by atoms with E-state index in [1.54, 1.807) is 0 Å². The number of aromatic nitrogens is 1. The summed E-state index contributed by atoms with van der Waals surface area (Å²) >= 11 is 3.71. The summed E-state index contributed by atoms with van der Waals surface area (Å²) in [5.74, 6) is 1.04. The van der Waals surface area contributed by atoms with Crippen molar-refractivity contribution in [2.45, 2.75) is 65.1 Å². The molecule has 0 bridgehead atoms. The van der Waals surface area contributed by atoms with Gasteiger partial charge in [-0.2, -0.15) is 0 Å². The maximum absolute atomic E-state index is 6.17. The fourth-order valence-electron chi connectivity index (χ4n) is 3.12. The van der Waals surface area contributed by atoms with Crippen molar-refractivity contribution < 1.29 is 9.31 Å². The molecule has 0 amide bonds. The predicted molar refractivity (Wildman–Crippen MR) is 98.5 cm³/mol. The lowest BCUT2D eigenvalue weighted by molar-refractivity contribution is 0.00578. The molecule has 126 valence electrons. The highest BCUT2D eigenvalue weighted by Gasteiger charge is 2.52. The second kappa shape index (κ2) is 6.05. The maximum atomic E-state index is 6.17. The molecule has 2 fully saturated rings. The standard InChI is InChI=1S/C17H26BBrN2O2/c1-12-13(18-22-16(2,3)17(4,5)23-18)11-14(19)15(20-12)21-9-7-6-8-10-21/h11H,6-10H2,1-5H3. The second-order valence-corrected chi connectivity index (χ2v) is 8.46. The van der Waals surface area contributed by atoms with E-state index in [1.807, 2.05) is 6.92 Å². The van der Waals surface area contributed by atoms with Gasteiger partial charge in [-0.25, -0.2) is 4.98 Å². The molecule has 1 aromatic rings. The van der Waals surface area contributed by atoms with E-state index >= 15 is 0 Å². The summed E-state index contributed by atoms with van der Waals surface area (Å²) in [5.41, 5.74) is 1.33. The lowest BCUT2D eigenvalue weighted by atomic mass is 9.78. The Morgan fingerprint density at radius 3 is 2.22 bits per heavy atom. The summed E-state index contributed by atoms with van der Waals surface area (Å²) in [5, 5.41) is 0. The van der Waals surface area contributed by atoms with Gasteiger partial charge in [0.15, 0.2) is 0 Å². The summed E-state index contributed by atoms with van der Waals surface area (Å²) in [6.07, 6.45) is 3.80. The van der Waals surface area contributed by atoms with E-state index in [4.69, 9.17) is 14.3 Å². The Kier molecular flexibility index (Phi) is 4.53. The number of anilines is 1. The first-order chi connectivity index (χ1) is 10.7. The summed E-state index contributed by atoms with van der Waals surface area (Å²) in [6.45, 7) is 12.5. The molecule has 0 atom stereocenters. The Morgan fingerprint density at radius 1 is 1.09 bits per heavy atom. The number of halogens is 1. The summed E-state index contributed by atoms with van der Waals surface area (Å²) < 4.78 is 13.4. The molecule has 23 heavy (non-hydrogen) atoms. The van der Waals surface area contributed by atoms with Crippen LogP contribution in [0.5, 0.6) is 0 Å². The molecule has 6 heteroatoms.